The van der Waals surface area contributed by atoms with Gasteiger partial charge in [-0.1, -0.05) is 36.4 Å². The topological polar surface area (TPSA) is 74.0 Å². The molecule has 8 heteroatoms. The number of carbonyl (C=O) groups excluding carboxylic acids is 1. The van der Waals surface area contributed by atoms with Crippen molar-refractivity contribution in [2.45, 2.75) is 64.4 Å². The van der Waals surface area contributed by atoms with Gasteiger partial charge in [-0.2, -0.15) is 0 Å². The van der Waals surface area contributed by atoms with Crippen molar-refractivity contribution in [2.75, 3.05) is 6.54 Å². The smallest absolute Gasteiger partial charge is 0.445 e. The standard InChI is InChI=1S/C25H29BN2O5/c1-24(2)25(3,4)33-26(32-24)18-12-13-19-21(15-18)31-22(27-19)20-11-8-14-28(20)23(29)30-16-17-9-6-5-7-10-17/h5-7,9-10,12-13,15,20H,8,11,14,16H2,1-4H3/t20-/m0/s1. The molecule has 1 aromatic heterocycles. The average molecular weight is 448 g/mol. The van der Waals surface area contributed by atoms with Crippen molar-refractivity contribution in [3.05, 3.63) is 60.0 Å². The van der Waals surface area contributed by atoms with E-state index in [-0.39, 0.29) is 18.7 Å². The molecule has 2 fully saturated rings. The van der Waals surface area contributed by atoms with E-state index in [0.29, 0.717) is 18.0 Å². The molecule has 172 valence electrons. The highest BCUT2D eigenvalue weighted by atomic mass is 16.7. The average Bonchev–Trinajstić information content (AvgIpc) is 3.48. The molecule has 0 radical (unpaired) electrons. The molecule has 2 saturated heterocycles. The number of ether oxygens (including phenoxy) is 1. The van der Waals surface area contributed by atoms with E-state index in [0.717, 1.165) is 29.4 Å². The number of hydrogen-bond donors (Lipinski definition) is 0. The number of oxazole rings is 1. The molecule has 3 heterocycles. The highest BCUT2D eigenvalue weighted by molar-refractivity contribution is 6.62. The normalized spacial score (nSPS) is 21.6. The number of nitrogens with zero attached hydrogens (tertiary/aromatic N) is 2. The van der Waals surface area contributed by atoms with E-state index in [1.165, 1.54) is 0 Å². The molecule has 0 unspecified atom stereocenters. The quantitative estimate of drug-likeness (QED) is 0.544. The van der Waals surface area contributed by atoms with Crippen molar-refractivity contribution >= 4 is 29.8 Å². The third-order valence-electron chi connectivity index (χ3n) is 6.93. The Bertz CT molecular complexity index is 1140. The van der Waals surface area contributed by atoms with Gasteiger partial charge in [-0.25, -0.2) is 9.78 Å². The zero-order chi connectivity index (χ0) is 23.2. The van der Waals surface area contributed by atoms with Crippen LogP contribution in [0.1, 0.15) is 58.0 Å². The first kappa shape index (κ1) is 22.0. The van der Waals surface area contributed by atoms with Gasteiger partial charge in [0.1, 0.15) is 18.2 Å². The van der Waals surface area contributed by atoms with Crippen molar-refractivity contribution in [2.24, 2.45) is 0 Å². The summed E-state index contributed by atoms with van der Waals surface area (Å²) in [5.74, 6) is 0.533. The fourth-order valence-electron chi connectivity index (χ4n) is 4.27. The summed E-state index contributed by atoms with van der Waals surface area (Å²) in [4.78, 5) is 19.2. The second-order valence-corrected chi connectivity index (χ2v) is 9.76. The largest absolute Gasteiger partial charge is 0.494 e. The summed E-state index contributed by atoms with van der Waals surface area (Å²) < 4.78 is 24.0. The highest BCUT2D eigenvalue weighted by Gasteiger charge is 2.51. The maximum atomic E-state index is 12.8. The third-order valence-corrected chi connectivity index (χ3v) is 6.93. The summed E-state index contributed by atoms with van der Waals surface area (Å²) in [7, 11) is -0.469. The predicted molar refractivity (Wildman–Crippen MR) is 125 cm³/mol. The highest BCUT2D eigenvalue weighted by Crippen LogP contribution is 2.37. The van der Waals surface area contributed by atoms with E-state index in [1.54, 1.807) is 4.90 Å². The van der Waals surface area contributed by atoms with E-state index in [9.17, 15) is 4.79 Å². The zero-order valence-corrected chi connectivity index (χ0v) is 19.5. The maximum absolute atomic E-state index is 12.8. The molecule has 0 N–H and O–H groups in total. The lowest BCUT2D eigenvalue weighted by Crippen LogP contribution is -2.41. The molecule has 0 spiro atoms. The predicted octanol–water partition coefficient (Wildman–Crippen LogP) is 4.60. The Morgan fingerprint density at radius 1 is 1.12 bits per heavy atom. The van der Waals surface area contributed by atoms with Crippen LogP contribution in [-0.2, 0) is 20.7 Å². The van der Waals surface area contributed by atoms with Crippen molar-refractivity contribution in [1.29, 1.82) is 0 Å². The summed E-state index contributed by atoms with van der Waals surface area (Å²) in [5.41, 5.74) is 2.41. The second-order valence-electron chi connectivity index (χ2n) is 9.76. The van der Waals surface area contributed by atoms with Crippen LogP contribution >= 0.6 is 0 Å². The summed E-state index contributed by atoms with van der Waals surface area (Å²) in [5, 5.41) is 0. The molecule has 33 heavy (non-hydrogen) atoms. The Labute approximate surface area is 194 Å². The number of carbonyl (C=O) groups is 1. The number of rotatable bonds is 4. The Hall–Kier alpha value is -2.84. The fraction of sp³-hybridized carbons (Fsp3) is 0.440. The van der Waals surface area contributed by atoms with Crippen LogP contribution in [0.5, 0.6) is 0 Å². The van der Waals surface area contributed by atoms with E-state index < -0.39 is 18.3 Å². The molecule has 1 atom stereocenters. The second kappa shape index (κ2) is 8.19. The number of hydrogen-bond acceptors (Lipinski definition) is 6. The Morgan fingerprint density at radius 2 is 1.85 bits per heavy atom. The Balaban J connectivity index is 1.32. The first-order valence-electron chi connectivity index (χ1n) is 11.5. The van der Waals surface area contributed by atoms with Gasteiger partial charge in [-0.15, -0.1) is 0 Å². The van der Waals surface area contributed by atoms with Crippen LogP contribution in [0.15, 0.2) is 52.9 Å². The van der Waals surface area contributed by atoms with E-state index in [2.05, 4.69) is 4.98 Å². The van der Waals surface area contributed by atoms with Crippen molar-refractivity contribution in [3.63, 3.8) is 0 Å². The Kier molecular flexibility index (Phi) is 5.45. The molecular weight excluding hydrogens is 419 g/mol. The monoisotopic (exact) mass is 448 g/mol. The van der Waals surface area contributed by atoms with E-state index in [4.69, 9.17) is 18.5 Å². The summed E-state index contributed by atoms with van der Waals surface area (Å²) >= 11 is 0. The van der Waals surface area contributed by atoms with E-state index >= 15 is 0 Å². The number of amides is 1. The van der Waals surface area contributed by atoms with Gasteiger partial charge in [0.2, 0.25) is 5.89 Å². The minimum Gasteiger partial charge on any atom is -0.445 e. The van der Waals surface area contributed by atoms with Crippen LogP contribution in [-0.4, -0.2) is 40.8 Å². The van der Waals surface area contributed by atoms with Gasteiger partial charge >= 0.3 is 13.2 Å². The number of likely N-dealkylation sites (tertiary alicyclic amines) is 1. The zero-order valence-electron chi connectivity index (χ0n) is 19.5. The number of fused-ring (bicyclic) bond motifs is 1. The summed E-state index contributed by atoms with van der Waals surface area (Å²) in [6.45, 7) is 8.99. The molecule has 3 aromatic rings. The van der Waals surface area contributed by atoms with E-state index in [1.807, 2.05) is 76.2 Å². The summed E-state index contributed by atoms with van der Waals surface area (Å²) in [6, 6.07) is 15.2. The molecule has 1 amide bonds. The van der Waals surface area contributed by atoms with Crippen LogP contribution in [0.4, 0.5) is 4.79 Å². The molecule has 7 nitrogen and oxygen atoms in total. The first-order valence-corrected chi connectivity index (χ1v) is 11.5. The lowest BCUT2D eigenvalue weighted by atomic mass is 9.79. The van der Waals surface area contributed by atoms with Gasteiger partial charge in [-0.05, 0) is 63.7 Å². The molecule has 5 rings (SSSR count). The lowest BCUT2D eigenvalue weighted by Gasteiger charge is -2.32. The Morgan fingerprint density at radius 3 is 2.58 bits per heavy atom. The van der Waals surface area contributed by atoms with Gasteiger partial charge in [0.15, 0.2) is 5.58 Å². The van der Waals surface area contributed by atoms with Crippen LogP contribution in [0, 0.1) is 0 Å². The van der Waals surface area contributed by atoms with Crippen LogP contribution in [0.25, 0.3) is 11.1 Å². The number of aromatic nitrogens is 1. The minimum atomic E-state index is -0.469. The third kappa shape index (κ3) is 4.13. The molecule has 0 aliphatic carbocycles. The van der Waals surface area contributed by atoms with Crippen molar-refractivity contribution in [1.82, 2.24) is 9.88 Å². The van der Waals surface area contributed by atoms with Crippen LogP contribution < -0.4 is 5.46 Å². The van der Waals surface area contributed by atoms with Crippen molar-refractivity contribution in [3.8, 4) is 0 Å². The van der Waals surface area contributed by atoms with Crippen LogP contribution in [0.3, 0.4) is 0 Å². The first-order chi connectivity index (χ1) is 15.7. The van der Waals surface area contributed by atoms with Crippen molar-refractivity contribution < 1.29 is 23.3 Å². The molecule has 0 saturated carbocycles. The van der Waals surface area contributed by atoms with Gasteiger partial charge in [0.05, 0.1) is 11.2 Å². The molecular formula is C25H29BN2O5. The molecule has 2 aliphatic heterocycles. The fourth-order valence-corrected chi connectivity index (χ4v) is 4.27. The molecule has 0 bridgehead atoms. The lowest BCUT2D eigenvalue weighted by molar-refractivity contribution is 0.00578. The van der Waals surface area contributed by atoms with Crippen LogP contribution in [0.2, 0.25) is 0 Å². The molecule has 2 aromatic carbocycles. The SMILES string of the molecule is CC1(C)OB(c2ccc3nc([C@@H]4CCCN4C(=O)OCc4ccccc4)oc3c2)OC1(C)C. The minimum absolute atomic E-state index is 0.235. The molecule has 2 aliphatic rings. The van der Waals surface area contributed by atoms with Gasteiger partial charge in [0.25, 0.3) is 0 Å². The maximum Gasteiger partial charge on any atom is 0.494 e. The van der Waals surface area contributed by atoms with Gasteiger partial charge in [0, 0.05) is 6.54 Å². The summed E-state index contributed by atoms with van der Waals surface area (Å²) in [6.07, 6.45) is 1.32. The van der Waals surface area contributed by atoms with Gasteiger partial charge < -0.3 is 18.5 Å². The van der Waals surface area contributed by atoms with Gasteiger partial charge in [-0.3, -0.25) is 4.90 Å². The number of benzene rings is 2.